The number of thiophene rings is 1. The van der Waals surface area contributed by atoms with Crippen LogP contribution < -0.4 is 21.3 Å². The van der Waals surface area contributed by atoms with Crippen molar-refractivity contribution in [3.05, 3.63) is 73.1 Å². The lowest BCUT2D eigenvalue weighted by molar-refractivity contribution is 0.0730. The van der Waals surface area contributed by atoms with Gasteiger partial charge < -0.3 is 10.1 Å². The van der Waals surface area contributed by atoms with Crippen LogP contribution in [-0.2, 0) is 6.54 Å². The molecule has 11 heteroatoms. The molecule has 4 heterocycles. The molecular weight excluding hydrogens is 517 g/mol. The summed E-state index contributed by atoms with van der Waals surface area (Å²) in [4.78, 5) is 35.2. The Kier molecular flexibility index (Phi) is 7.15. The van der Waals surface area contributed by atoms with Crippen LogP contribution in [0.4, 0.5) is 4.39 Å². The summed E-state index contributed by atoms with van der Waals surface area (Å²) in [6.45, 7) is 6.69. The maximum atomic E-state index is 14.6. The molecule has 1 aromatic carbocycles. The quantitative estimate of drug-likeness (QED) is 0.389. The monoisotopic (exact) mass is 543 g/mol. The van der Waals surface area contributed by atoms with Crippen molar-refractivity contribution in [1.29, 1.82) is 0 Å². The van der Waals surface area contributed by atoms with E-state index in [2.05, 4.69) is 15.3 Å². The molecule has 0 radical (unpaired) electrons. The number of fused-ring (bicyclic) bond motifs is 1. The van der Waals surface area contributed by atoms with Gasteiger partial charge in [0.15, 0.2) is 0 Å². The van der Waals surface area contributed by atoms with Gasteiger partial charge in [0.2, 0.25) is 0 Å². The fraction of sp³-hybridized carbons (Fsp3) is 0.385. The third-order valence-electron chi connectivity index (χ3n) is 6.44. The zero-order valence-corrected chi connectivity index (χ0v) is 22.3. The first-order chi connectivity index (χ1) is 17.7. The number of hydrogen-bond donors (Lipinski definition) is 1. The van der Waals surface area contributed by atoms with Gasteiger partial charge in [-0.3, -0.25) is 13.9 Å². The van der Waals surface area contributed by atoms with E-state index < -0.39 is 12.3 Å². The first-order valence-corrected chi connectivity index (χ1v) is 13.3. The first kappa shape index (κ1) is 25.6. The van der Waals surface area contributed by atoms with Crippen LogP contribution in [-0.4, -0.2) is 44.5 Å². The fourth-order valence-corrected chi connectivity index (χ4v) is 5.92. The predicted molar refractivity (Wildman–Crippen MR) is 144 cm³/mol. The minimum Gasteiger partial charge on any atom is -0.486 e. The second-order valence-corrected chi connectivity index (χ2v) is 11.0. The Hall–Kier alpha value is -3.08. The van der Waals surface area contributed by atoms with E-state index >= 15 is 0 Å². The van der Waals surface area contributed by atoms with Gasteiger partial charge in [0, 0.05) is 40.3 Å². The van der Waals surface area contributed by atoms with E-state index in [1.165, 1.54) is 39.1 Å². The maximum absolute atomic E-state index is 14.6. The van der Waals surface area contributed by atoms with Crippen molar-refractivity contribution in [2.24, 2.45) is 0 Å². The summed E-state index contributed by atoms with van der Waals surface area (Å²) in [6.07, 6.45) is 1.81. The number of nitrogens with zero attached hydrogens (tertiary/aromatic N) is 4. The van der Waals surface area contributed by atoms with Crippen molar-refractivity contribution in [2.45, 2.75) is 52.1 Å². The fourth-order valence-electron chi connectivity index (χ4n) is 4.54. The summed E-state index contributed by atoms with van der Waals surface area (Å²) in [5.41, 5.74) is 1.97. The minimum atomic E-state index is -1.13. The van der Waals surface area contributed by atoms with Gasteiger partial charge in [0.05, 0.1) is 22.5 Å². The van der Waals surface area contributed by atoms with Crippen LogP contribution in [0.1, 0.15) is 36.8 Å². The Morgan fingerprint density at radius 1 is 1.27 bits per heavy atom. The van der Waals surface area contributed by atoms with E-state index in [4.69, 9.17) is 16.3 Å². The molecule has 5 rings (SSSR count). The Morgan fingerprint density at radius 2 is 2.08 bits per heavy atom. The highest BCUT2D eigenvalue weighted by Gasteiger charge is 2.28. The average Bonchev–Trinajstić information content (AvgIpc) is 3.27. The molecule has 194 valence electrons. The molecule has 1 saturated heterocycles. The van der Waals surface area contributed by atoms with Gasteiger partial charge in [-0.15, -0.1) is 11.3 Å². The molecule has 0 bridgehead atoms. The summed E-state index contributed by atoms with van der Waals surface area (Å²) >= 11 is 7.82. The Bertz CT molecular complexity index is 1580. The molecule has 1 aliphatic heterocycles. The molecule has 0 saturated carbocycles. The number of hydrogen-bond acceptors (Lipinski definition) is 7. The zero-order valence-electron chi connectivity index (χ0n) is 20.7. The summed E-state index contributed by atoms with van der Waals surface area (Å²) in [5.74, 6) is 0.535. The molecule has 0 unspecified atom stereocenters. The van der Waals surface area contributed by atoms with Crippen LogP contribution in [0.25, 0.3) is 21.5 Å². The number of piperidine rings is 1. The third-order valence-corrected chi connectivity index (χ3v) is 7.77. The summed E-state index contributed by atoms with van der Waals surface area (Å²) < 4.78 is 24.3. The van der Waals surface area contributed by atoms with Crippen molar-refractivity contribution in [2.75, 3.05) is 13.1 Å². The number of aryl methyl sites for hydroxylation is 1. The Balaban J connectivity index is 1.58. The van der Waals surface area contributed by atoms with E-state index in [0.717, 1.165) is 15.1 Å². The van der Waals surface area contributed by atoms with Gasteiger partial charge in [-0.25, -0.2) is 19.2 Å². The van der Waals surface area contributed by atoms with Crippen molar-refractivity contribution in [1.82, 2.24) is 24.4 Å². The minimum absolute atomic E-state index is 0.0763. The lowest BCUT2D eigenvalue weighted by atomic mass is 10.0. The molecule has 0 amide bonds. The number of ether oxygens (including phenoxy) is 1. The highest BCUT2D eigenvalue weighted by atomic mass is 35.5. The standard InChI is InChI=1S/C26H27ClFN5O3S/c1-14(2)32-7-5-22(34)33(26(32)35)12-17-10-20-25(37-17)23(31-13-30-20)18-9-16(27)8-15(3)24(18)36-21-4-6-29-11-19(21)28/h5,7-10,13-14,19,21,29H,4,6,11-12H2,1-3H3/t19-,21-/m0/s1. The molecular formula is C26H27ClFN5O3S. The number of alkyl halides is 1. The smallest absolute Gasteiger partial charge is 0.331 e. The molecule has 0 spiro atoms. The van der Waals surface area contributed by atoms with E-state index in [1.54, 1.807) is 12.1 Å². The van der Waals surface area contributed by atoms with E-state index in [0.29, 0.717) is 40.5 Å². The van der Waals surface area contributed by atoms with Crippen LogP contribution >= 0.6 is 22.9 Å². The number of rotatable bonds is 6. The molecule has 2 atom stereocenters. The molecule has 8 nitrogen and oxygen atoms in total. The van der Waals surface area contributed by atoms with Crippen LogP contribution in [0.2, 0.25) is 5.02 Å². The van der Waals surface area contributed by atoms with Gasteiger partial charge in [-0.1, -0.05) is 11.6 Å². The Morgan fingerprint density at radius 3 is 2.84 bits per heavy atom. The predicted octanol–water partition coefficient (Wildman–Crippen LogP) is 4.35. The van der Waals surface area contributed by atoms with Gasteiger partial charge in [0.25, 0.3) is 5.56 Å². The van der Waals surface area contributed by atoms with Crippen molar-refractivity contribution in [3.8, 4) is 17.0 Å². The molecule has 0 aliphatic carbocycles. The lowest BCUT2D eigenvalue weighted by Gasteiger charge is -2.29. The van der Waals surface area contributed by atoms with Gasteiger partial charge in [-0.05, 0) is 57.5 Å². The van der Waals surface area contributed by atoms with Crippen LogP contribution in [0, 0.1) is 6.92 Å². The number of benzene rings is 1. The zero-order chi connectivity index (χ0) is 26.3. The SMILES string of the molecule is Cc1cc(Cl)cc(-c2ncnc3cc(Cn4c(=O)ccn(C(C)C)c4=O)sc23)c1O[C@H]1CCNC[C@@H]1F. The normalized spacial score (nSPS) is 18.0. The molecule has 4 aromatic rings. The van der Waals surface area contributed by atoms with Crippen LogP contribution in [0.5, 0.6) is 5.75 Å². The van der Waals surface area contributed by atoms with Crippen LogP contribution in [0.3, 0.4) is 0 Å². The molecule has 1 fully saturated rings. The average molecular weight is 544 g/mol. The molecule has 37 heavy (non-hydrogen) atoms. The number of halogens is 2. The van der Waals surface area contributed by atoms with Crippen molar-refractivity contribution >= 4 is 33.2 Å². The highest BCUT2D eigenvalue weighted by Crippen LogP contribution is 2.41. The van der Waals surface area contributed by atoms with E-state index in [9.17, 15) is 14.0 Å². The highest BCUT2D eigenvalue weighted by molar-refractivity contribution is 7.19. The van der Waals surface area contributed by atoms with Crippen molar-refractivity contribution < 1.29 is 9.13 Å². The molecule has 1 aliphatic rings. The molecule has 3 aromatic heterocycles. The van der Waals surface area contributed by atoms with Crippen LogP contribution in [0.15, 0.2) is 46.4 Å². The Labute approximate surface area is 221 Å². The van der Waals surface area contributed by atoms with Gasteiger partial charge in [0.1, 0.15) is 24.4 Å². The number of nitrogens with one attached hydrogen (secondary N) is 1. The van der Waals surface area contributed by atoms with E-state index in [1.807, 2.05) is 26.8 Å². The van der Waals surface area contributed by atoms with Gasteiger partial charge >= 0.3 is 5.69 Å². The second kappa shape index (κ2) is 10.4. The topological polar surface area (TPSA) is 91.0 Å². The first-order valence-electron chi connectivity index (χ1n) is 12.1. The molecule has 1 N–H and O–H groups in total. The van der Waals surface area contributed by atoms with Gasteiger partial charge in [-0.2, -0.15) is 0 Å². The lowest BCUT2D eigenvalue weighted by Crippen LogP contribution is -2.44. The summed E-state index contributed by atoms with van der Waals surface area (Å²) in [7, 11) is 0. The summed E-state index contributed by atoms with van der Waals surface area (Å²) in [5, 5.41) is 3.55. The third kappa shape index (κ3) is 5.05. The van der Waals surface area contributed by atoms with Crippen molar-refractivity contribution in [3.63, 3.8) is 0 Å². The second-order valence-electron chi connectivity index (χ2n) is 9.44. The number of aromatic nitrogens is 4. The largest absolute Gasteiger partial charge is 0.486 e. The van der Waals surface area contributed by atoms with E-state index in [-0.39, 0.29) is 30.4 Å². The summed E-state index contributed by atoms with van der Waals surface area (Å²) in [6, 6.07) is 6.73. The maximum Gasteiger partial charge on any atom is 0.331 e.